The lowest BCUT2D eigenvalue weighted by Gasteiger charge is -2.35. The maximum absolute atomic E-state index is 12.9. The van der Waals surface area contributed by atoms with Crippen molar-refractivity contribution < 1.29 is 4.79 Å². The minimum absolute atomic E-state index is 0.0205. The van der Waals surface area contributed by atoms with Gasteiger partial charge in [0.25, 0.3) is 0 Å². The summed E-state index contributed by atoms with van der Waals surface area (Å²) >= 11 is 1.66. The molecule has 0 aliphatic heterocycles. The fraction of sp³-hybridized carbons (Fsp3) is 0.706. The average molecular weight is 363 g/mol. The maximum atomic E-state index is 12.9. The molecule has 0 bridgehead atoms. The van der Waals surface area contributed by atoms with Crippen LogP contribution < -0.4 is 5.32 Å². The van der Waals surface area contributed by atoms with E-state index in [0.717, 1.165) is 49.2 Å². The van der Waals surface area contributed by atoms with Crippen LogP contribution in [0.15, 0.2) is 11.7 Å². The summed E-state index contributed by atoms with van der Waals surface area (Å²) in [5.74, 6) is 0.0205. The molecule has 0 aromatic carbocycles. The number of amides is 1. The van der Waals surface area contributed by atoms with Crippen molar-refractivity contribution in [3.05, 3.63) is 22.4 Å². The summed E-state index contributed by atoms with van der Waals surface area (Å²) in [7, 11) is 0. The number of carbonyl (C=O) groups is 1. The summed E-state index contributed by atoms with van der Waals surface area (Å²) in [6.07, 6.45) is 7.08. The monoisotopic (exact) mass is 362 g/mol. The Morgan fingerprint density at radius 1 is 1.32 bits per heavy atom. The highest BCUT2D eigenvalue weighted by molar-refractivity contribution is 7.09. The molecule has 2 aromatic heterocycles. The van der Waals surface area contributed by atoms with E-state index in [4.69, 9.17) is 0 Å². The van der Waals surface area contributed by atoms with Gasteiger partial charge in [0.1, 0.15) is 11.9 Å². The lowest BCUT2D eigenvalue weighted by atomic mass is 9.81. The van der Waals surface area contributed by atoms with Crippen LogP contribution in [-0.2, 0) is 22.2 Å². The van der Waals surface area contributed by atoms with Crippen LogP contribution in [0, 0.1) is 0 Å². The zero-order chi connectivity index (χ0) is 17.9. The first kappa shape index (κ1) is 18.0. The number of nitrogens with one attached hydrogen (secondary N) is 1. The first-order valence-corrected chi connectivity index (χ1v) is 9.76. The number of hydrogen-bond donors (Lipinski definition) is 1. The standard InChI is InChI=1S/C17H26N6OS/c1-16(2,3)13-11-25-14(20-13)7-10-18-15(24)17(8-5-4-6-9-17)23-12-19-21-22-23/h11-12H,4-10H2,1-3H3,(H,18,24). The highest BCUT2D eigenvalue weighted by Crippen LogP contribution is 2.34. The molecule has 1 fully saturated rings. The quantitative estimate of drug-likeness (QED) is 0.883. The number of thiazole rings is 1. The van der Waals surface area contributed by atoms with Crippen LogP contribution in [0.25, 0.3) is 0 Å². The topological polar surface area (TPSA) is 85.6 Å². The Hall–Kier alpha value is -1.83. The van der Waals surface area contributed by atoms with E-state index in [0.29, 0.717) is 6.54 Å². The van der Waals surface area contributed by atoms with Crippen molar-refractivity contribution in [1.82, 2.24) is 30.5 Å². The first-order chi connectivity index (χ1) is 11.9. The number of tetrazole rings is 1. The zero-order valence-corrected chi connectivity index (χ0v) is 16.0. The molecule has 1 aliphatic carbocycles. The molecule has 0 radical (unpaired) electrons. The molecular formula is C17H26N6OS. The Morgan fingerprint density at radius 2 is 2.08 bits per heavy atom. The van der Waals surface area contributed by atoms with Crippen molar-refractivity contribution >= 4 is 17.2 Å². The fourth-order valence-corrected chi connectivity index (χ4v) is 4.30. The summed E-state index contributed by atoms with van der Waals surface area (Å²) in [6.45, 7) is 7.06. The van der Waals surface area contributed by atoms with Crippen LogP contribution in [-0.4, -0.2) is 37.6 Å². The van der Waals surface area contributed by atoms with Crippen molar-refractivity contribution in [2.75, 3.05) is 6.54 Å². The van der Waals surface area contributed by atoms with Crippen LogP contribution in [0.4, 0.5) is 0 Å². The van der Waals surface area contributed by atoms with E-state index in [9.17, 15) is 4.79 Å². The van der Waals surface area contributed by atoms with E-state index in [-0.39, 0.29) is 11.3 Å². The molecule has 8 heteroatoms. The smallest absolute Gasteiger partial charge is 0.248 e. The van der Waals surface area contributed by atoms with Gasteiger partial charge in [0.2, 0.25) is 5.91 Å². The van der Waals surface area contributed by atoms with Crippen LogP contribution in [0.2, 0.25) is 0 Å². The highest BCUT2D eigenvalue weighted by Gasteiger charge is 2.42. The Balaban J connectivity index is 1.62. The molecule has 1 saturated carbocycles. The van der Waals surface area contributed by atoms with E-state index < -0.39 is 5.54 Å². The van der Waals surface area contributed by atoms with Gasteiger partial charge in [-0.25, -0.2) is 9.67 Å². The molecule has 2 heterocycles. The molecule has 136 valence electrons. The number of aromatic nitrogens is 5. The number of hydrogen-bond acceptors (Lipinski definition) is 6. The van der Waals surface area contributed by atoms with E-state index in [1.54, 1.807) is 22.3 Å². The van der Waals surface area contributed by atoms with Crippen LogP contribution in [0.5, 0.6) is 0 Å². The minimum atomic E-state index is -0.638. The molecule has 0 saturated heterocycles. The van der Waals surface area contributed by atoms with Gasteiger partial charge in [0.15, 0.2) is 0 Å². The van der Waals surface area contributed by atoms with Crippen LogP contribution >= 0.6 is 11.3 Å². The molecule has 25 heavy (non-hydrogen) atoms. The first-order valence-electron chi connectivity index (χ1n) is 8.88. The van der Waals surface area contributed by atoms with E-state index in [1.807, 2.05) is 0 Å². The highest BCUT2D eigenvalue weighted by atomic mass is 32.1. The Bertz CT molecular complexity index is 697. The second-order valence-electron chi connectivity index (χ2n) is 7.73. The third kappa shape index (κ3) is 3.89. The molecule has 2 aromatic rings. The van der Waals surface area contributed by atoms with Gasteiger partial charge in [-0.15, -0.1) is 16.4 Å². The largest absolute Gasteiger partial charge is 0.354 e. The molecular weight excluding hydrogens is 336 g/mol. The molecule has 1 N–H and O–H groups in total. The Morgan fingerprint density at radius 3 is 2.68 bits per heavy atom. The third-order valence-electron chi connectivity index (χ3n) is 4.84. The summed E-state index contributed by atoms with van der Waals surface area (Å²) < 4.78 is 1.64. The van der Waals surface area contributed by atoms with E-state index in [1.165, 1.54) is 0 Å². The normalized spacial score (nSPS) is 17.4. The van der Waals surface area contributed by atoms with Gasteiger partial charge in [-0.2, -0.15) is 0 Å². The van der Waals surface area contributed by atoms with Crippen molar-refractivity contribution in [3.8, 4) is 0 Å². The predicted octanol–water partition coefficient (Wildman–Crippen LogP) is 2.45. The van der Waals surface area contributed by atoms with Gasteiger partial charge in [-0.1, -0.05) is 40.0 Å². The average Bonchev–Trinajstić information content (AvgIpc) is 3.27. The fourth-order valence-electron chi connectivity index (χ4n) is 3.27. The maximum Gasteiger partial charge on any atom is 0.248 e. The molecule has 3 rings (SSSR count). The van der Waals surface area contributed by atoms with Crippen molar-refractivity contribution in [1.29, 1.82) is 0 Å². The minimum Gasteiger partial charge on any atom is -0.354 e. The van der Waals surface area contributed by atoms with Crippen LogP contribution in [0.3, 0.4) is 0 Å². The van der Waals surface area contributed by atoms with Crippen molar-refractivity contribution in [2.45, 2.75) is 70.3 Å². The molecule has 7 nitrogen and oxygen atoms in total. The van der Waals surface area contributed by atoms with Crippen molar-refractivity contribution in [3.63, 3.8) is 0 Å². The summed E-state index contributed by atoms with van der Waals surface area (Å²) in [4.78, 5) is 17.6. The third-order valence-corrected chi connectivity index (χ3v) is 5.74. The van der Waals surface area contributed by atoms with Gasteiger partial charge in [0, 0.05) is 23.8 Å². The van der Waals surface area contributed by atoms with Gasteiger partial charge in [-0.3, -0.25) is 4.79 Å². The SMILES string of the molecule is CC(C)(C)c1csc(CCNC(=O)C2(n3cnnn3)CCCCC2)n1. The lowest BCUT2D eigenvalue weighted by molar-refractivity contribution is -0.132. The zero-order valence-electron chi connectivity index (χ0n) is 15.2. The molecule has 0 atom stereocenters. The Labute approximate surface area is 152 Å². The van der Waals surface area contributed by atoms with E-state index >= 15 is 0 Å². The summed E-state index contributed by atoms with van der Waals surface area (Å²) in [6, 6.07) is 0. The number of rotatable bonds is 5. The molecule has 1 aliphatic rings. The van der Waals surface area contributed by atoms with Crippen molar-refractivity contribution in [2.24, 2.45) is 0 Å². The van der Waals surface area contributed by atoms with Gasteiger partial charge < -0.3 is 5.32 Å². The van der Waals surface area contributed by atoms with E-state index in [2.05, 4.69) is 52.0 Å². The second-order valence-corrected chi connectivity index (χ2v) is 8.67. The summed E-state index contributed by atoms with van der Waals surface area (Å²) in [5.41, 5.74) is 0.530. The predicted molar refractivity (Wildman–Crippen MR) is 96.4 cm³/mol. The molecule has 0 unspecified atom stereocenters. The number of nitrogens with zero attached hydrogens (tertiary/aromatic N) is 5. The van der Waals surface area contributed by atoms with Gasteiger partial charge in [-0.05, 0) is 23.3 Å². The molecule has 1 amide bonds. The van der Waals surface area contributed by atoms with Gasteiger partial charge in [0.05, 0.1) is 10.7 Å². The lowest BCUT2D eigenvalue weighted by Crippen LogP contribution is -2.50. The Kier molecular flexibility index (Phi) is 5.17. The van der Waals surface area contributed by atoms with Crippen LogP contribution in [0.1, 0.15) is 63.6 Å². The summed E-state index contributed by atoms with van der Waals surface area (Å²) in [5, 5.41) is 17.7. The van der Waals surface area contributed by atoms with Gasteiger partial charge >= 0.3 is 0 Å². The number of carbonyl (C=O) groups excluding carboxylic acids is 1. The second kappa shape index (κ2) is 7.19. The molecule has 0 spiro atoms.